The predicted molar refractivity (Wildman–Crippen MR) is 78.7 cm³/mol. The summed E-state index contributed by atoms with van der Waals surface area (Å²) in [7, 11) is 0. The number of hydrogen-bond acceptors (Lipinski definition) is 2. The van der Waals surface area contributed by atoms with Gasteiger partial charge in [0.1, 0.15) is 0 Å². The Morgan fingerprint density at radius 3 is 2.70 bits per heavy atom. The average molecular weight is 270 g/mol. The minimum Gasteiger partial charge on any atom is -0.388 e. The van der Waals surface area contributed by atoms with Crippen LogP contribution < -0.4 is 0 Å². The first-order chi connectivity index (χ1) is 9.84. The van der Waals surface area contributed by atoms with Gasteiger partial charge in [0.2, 0.25) is 0 Å². The van der Waals surface area contributed by atoms with E-state index in [9.17, 15) is 5.11 Å². The number of imidazole rings is 1. The molecule has 0 aromatic carbocycles. The summed E-state index contributed by atoms with van der Waals surface area (Å²) in [5.41, 5.74) is 3.64. The Morgan fingerprint density at radius 1 is 1.15 bits per heavy atom. The molecule has 2 aliphatic rings. The van der Waals surface area contributed by atoms with Crippen LogP contribution in [0.2, 0.25) is 0 Å². The summed E-state index contributed by atoms with van der Waals surface area (Å²) in [6.07, 6.45) is 14.3. The van der Waals surface area contributed by atoms with Gasteiger partial charge in [0, 0.05) is 11.8 Å². The molecule has 2 fully saturated rings. The molecular weight excluding hydrogens is 248 g/mol. The van der Waals surface area contributed by atoms with Crippen molar-refractivity contribution in [2.24, 2.45) is 5.92 Å². The van der Waals surface area contributed by atoms with Crippen molar-refractivity contribution in [2.45, 2.75) is 57.0 Å². The monoisotopic (exact) mass is 270 g/mol. The van der Waals surface area contributed by atoms with Gasteiger partial charge in [-0.25, -0.2) is 4.98 Å². The van der Waals surface area contributed by atoms with E-state index >= 15 is 0 Å². The lowest BCUT2D eigenvalue weighted by atomic mass is 9.81. The van der Waals surface area contributed by atoms with Crippen molar-refractivity contribution >= 4 is 5.52 Å². The first-order valence-corrected chi connectivity index (χ1v) is 7.97. The van der Waals surface area contributed by atoms with Crippen molar-refractivity contribution in [1.82, 2.24) is 9.38 Å². The van der Waals surface area contributed by atoms with Crippen molar-refractivity contribution in [2.75, 3.05) is 0 Å². The van der Waals surface area contributed by atoms with E-state index in [1.54, 1.807) is 0 Å². The summed E-state index contributed by atoms with van der Waals surface area (Å²) in [5, 5.41) is 11.0. The van der Waals surface area contributed by atoms with Gasteiger partial charge in [0.25, 0.3) is 0 Å². The lowest BCUT2D eigenvalue weighted by molar-refractivity contribution is 0.0850. The summed E-state index contributed by atoms with van der Waals surface area (Å²) < 4.78 is 2.05. The van der Waals surface area contributed by atoms with Gasteiger partial charge in [-0.15, -0.1) is 0 Å². The van der Waals surface area contributed by atoms with Crippen LogP contribution in [0.25, 0.3) is 5.52 Å². The van der Waals surface area contributed by atoms with Gasteiger partial charge in [-0.05, 0) is 49.1 Å². The highest BCUT2D eigenvalue weighted by molar-refractivity contribution is 5.59. The molecule has 0 bridgehead atoms. The topological polar surface area (TPSA) is 37.5 Å². The SMILES string of the molecule is OC(c1c(C2CC2)ccn2cncc12)C1CCCCC1. The highest BCUT2D eigenvalue weighted by Crippen LogP contribution is 2.46. The molecule has 1 atom stereocenters. The fourth-order valence-electron chi connectivity index (χ4n) is 3.79. The Labute approximate surface area is 119 Å². The highest BCUT2D eigenvalue weighted by atomic mass is 16.3. The number of aromatic nitrogens is 2. The first-order valence-electron chi connectivity index (χ1n) is 7.97. The number of aliphatic hydroxyl groups excluding tert-OH is 1. The normalized spacial score (nSPS) is 22.2. The van der Waals surface area contributed by atoms with Crippen LogP contribution in [0, 0.1) is 5.92 Å². The van der Waals surface area contributed by atoms with Crippen molar-refractivity contribution < 1.29 is 5.11 Å². The maximum Gasteiger partial charge on any atom is 0.0992 e. The minimum atomic E-state index is -0.314. The summed E-state index contributed by atoms with van der Waals surface area (Å²) in [5.74, 6) is 1.10. The van der Waals surface area contributed by atoms with Crippen molar-refractivity contribution in [3.8, 4) is 0 Å². The molecule has 1 unspecified atom stereocenters. The van der Waals surface area contributed by atoms with Crippen LogP contribution in [-0.4, -0.2) is 14.5 Å². The van der Waals surface area contributed by atoms with Crippen LogP contribution in [0.4, 0.5) is 0 Å². The van der Waals surface area contributed by atoms with E-state index in [-0.39, 0.29) is 6.10 Å². The maximum atomic E-state index is 11.0. The second-order valence-electron chi connectivity index (χ2n) is 6.49. The number of pyridine rings is 1. The molecular formula is C17H22N2O. The smallest absolute Gasteiger partial charge is 0.0992 e. The molecule has 106 valence electrons. The quantitative estimate of drug-likeness (QED) is 0.920. The average Bonchev–Trinajstić information content (AvgIpc) is 3.23. The molecule has 2 saturated carbocycles. The number of rotatable bonds is 3. The van der Waals surface area contributed by atoms with Gasteiger partial charge in [0.15, 0.2) is 0 Å². The zero-order valence-electron chi connectivity index (χ0n) is 11.8. The van der Waals surface area contributed by atoms with Crippen molar-refractivity contribution in [3.63, 3.8) is 0 Å². The second kappa shape index (κ2) is 4.88. The molecule has 2 aliphatic carbocycles. The molecule has 0 saturated heterocycles. The molecule has 3 heteroatoms. The molecule has 0 amide bonds. The Hall–Kier alpha value is -1.35. The Morgan fingerprint density at radius 2 is 1.95 bits per heavy atom. The summed E-state index contributed by atoms with van der Waals surface area (Å²) >= 11 is 0. The molecule has 0 spiro atoms. The van der Waals surface area contributed by atoms with Crippen LogP contribution in [0.5, 0.6) is 0 Å². The van der Waals surface area contributed by atoms with E-state index < -0.39 is 0 Å². The van der Waals surface area contributed by atoms with Crippen molar-refractivity contribution in [3.05, 3.63) is 35.9 Å². The van der Waals surface area contributed by atoms with Gasteiger partial charge in [-0.1, -0.05) is 19.3 Å². The van der Waals surface area contributed by atoms with E-state index in [0.29, 0.717) is 11.8 Å². The summed E-state index contributed by atoms with van der Waals surface area (Å²) in [4.78, 5) is 4.26. The van der Waals surface area contributed by atoms with E-state index in [0.717, 1.165) is 5.52 Å². The number of aliphatic hydroxyl groups is 1. The molecule has 0 radical (unpaired) electrons. The zero-order valence-corrected chi connectivity index (χ0v) is 11.8. The fourth-order valence-corrected chi connectivity index (χ4v) is 3.79. The van der Waals surface area contributed by atoms with Gasteiger partial charge < -0.3 is 9.51 Å². The van der Waals surface area contributed by atoms with Gasteiger partial charge in [-0.2, -0.15) is 0 Å². The van der Waals surface area contributed by atoms with Gasteiger partial charge in [0.05, 0.1) is 24.1 Å². The molecule has 2 heterocycles. The molecule has 2 aromatic heterocycles. The molecule has 1 N–H and O–H groups in total. The first kappa shape index (κ1) is 12.4. The van der Waals surface area contributed by atoms with E-state index in [4.69, 9.17) is 0 Å². The van der Waals surface area contributed by atoms with E-state index in [1.807, 2.05) is 16.9 Å². The van der Waals surface area contributed by atoms with Crippen LogP contribution in [-0.2, 0) is 0 Å². The maximum absolute atomic E-state index is 11.0. The zero-order chi connectivity index (χ0) is 13.5. The number of nitrogens with zero attached hydrogens (tertiary/aromatic N) is 2. The third kappa shape index (κ3) is 2.05. The third-order valence-corrected chi connectivity index (χ3v) is 5.08. The lowest BCUT2D eigenvalue weighted by Crippen LogP contribution is -2.18. The Kier molecular flexibility index (Phi) is 3.03. The lowest BCUT2D eigenvalue weighted by Gasteiger charge is -2.28. The molecule has 2 aromatic rings. The number of fused-ring (bicyclic) bond motifs is 1. The minimum absolute atomic E-state index is 0.314. The Bertz CT molecular complexity index is 608. The summed E-state index contributed by atoms with van der Waals surface area (Å²) in [6, 6.07) is 2.20. The third-order valence-electron chi connectivity index (χ3n) is 5.08. The molecule has 20 heavy (non-hydrogen) atoms. The fraction of sp³-hybridized carbons (Fsp3) is 0.588. The van der Waals surface area contributed by atoms with E-state index in [1.165, 1.54) is 56.1 Å². The predicted octanol–water partition coefficient (Wildman–Crippen LogP) is 3.83. The standard InChI is InChI=1S/C17H22N2O/c20-17(13-4-2-1-3-5-13)16-14(12-6-7-12)8-9-19-11-18-10-15(16)19/h8-13,17,20H,1-7H2. The molecule has 3 nitrogen and oxygen atoms in total. The molecule has 4 rings (SSSR count). The van der Waals surface area contributed by atoms with Crippen molar-refractivity contribution in [1.29, 1.82) is 0 Å². The van der Waals surface area contributed by atoms with Crippen LogP contribution in [0.15, 0.2) is 24.8 Å². The van der Waals surface area contributed by atoms with Crippen LogP contribution in [0.3, 0.4) is 0 Å². The highest BCUT2D eigenvalue weighted by Gasteiger charge is 2.32. The Balaban J connectivity index is 1.79. The van der Waals surface area contributed by atoms with Gasteiger partial charge >= 0.3 is 0 Å². The largest absolute Gasteiger partial charge is 0.388 e. The second-order valence-corrected chi connectivity index (χ2v) is 6.49. The van der Waals surface area contributed by atoms with E-state index in [2.05, 4.69) is 17.2 Å². The van der Waals surface area contributed by atoms with Crippen LogP contribution >= 0.6 is 0 Å². The number of hydrogen-bond donors (Lipinski definition) is 1. The summed E-state index contributed by atoms with van der Waals surface area (Å²) in [6.45, 7) is 0. The molecule has 0 aliphatic heterocycles. The van der Waals surface area contributed by atoms with Crippen LogP contribution in [0.1, 0.15) is 68.1 Å². The van der Waals surface area contributed by atoms with Gasteiger partial charge in [-0.3, -0.25) is 0 Å².